The normalized spacial score (nSPS) is 9.00. The minimum absolute atomic E-state index is 0. The Balaban J connectivity index is 0.000000810. The Morgan fingerprint density at radius 1 is 1.60 bits per heavy atom. The molecule has 0 saturated heterocycles. The maximum absolute atomic E-state index is 5.67. The highest BCUT2D eigenvalue weighted by Gasteiger charge is 1.93. The number of rotatable bonds is 2. The Hall–Kier alpha value is 0.240. The molecule has 58 valence electrons. The number of hydrogen-bond acceptors (Lipinski definition) is 2. The standard InChI is InChI=1S/C6H8ClNS.ClH/c7-5-3-6(1-2-8)9-4-5;/h3-4H,1-2,8H2;1H. The number of nitrogens with two attached hydrogens (primary N) is 1. The van der Waals surface area contributed by atoms with Gasteiger partial charge in [-0.3, -0.25) is 0 Å². The summed E-state index contributed by atoms with van der Waals surface area (Å²) < 4.78 is 0. The van der Waals surface area contributed by atoms with E-state index >= 15 is 0 Å². The highest BCUT2D eigenvalue weighted by molar-refractivity contribution is 7.10. The lowest BCUT2D eigenvalue weighted by atomic mass is 10.3. The Morgan fingerprint density at radius 3 is 2.70 bits per heavy atom. The molecule has 0 radical (unpaired) electrons. The van der Waals surface area contributed by atoms with Crippen LogP contribution in [0.1, 0.15) is 4.88 Å². The van der Waals surface area contributed by atoms with Crippen LogP contribution in [-0.2, 0) is 6.42 Å². The minimum atomic E-state index is 0. The average molecular weight is 198 g/mol. The summed E-state index contributed by atoms with van der Waals surface area (Å²) >= 11 is 7.33. The van der Waals surface area contributed by atoms with Crippen LogP contribution in [0.5, 0.6) is 0 Å². The second-order valence-corrected chi connectivity index (χ2v) is 3.20. The summed E-state index contributed by atoms with van der Waals surface area (Å²) in [7, 11) is 0. The molecule has 1 nitrogen and oxygen atoms in total. The molecule has 0 saturated carbocycles. The fraction of sp³-hybridized carbons (Fsp3) is 0.333. The quantitative estimate of drug-likeness (QED) is 0.775. The topological polar surface area (TPSA) is 26.0 Å². The second kappa shape index (κ2) is 4.97. The van der Waals surface area contributed by atoms with Crippen LogP contribution in [0.3, 0.4) is 0 Å². The molecule has 0 spiro atoms. The van der Waals surface area contributed by atoms with Crippen LogP contribution >= 0.6 is 35.3 Å². The van der Waals surface area contributed by atoms with Crippen LogP contribution in [-0.4, -0.2) is 6.54 Å². The Labute approximate surface area is 75.6 Å². The van der Waals surface area contributed by atoms with Crippen molar-refractivity contribution in [1.29, 1.82) is 0 Å². The Morgan fingerprint density at radius 2 is 2.30 bits per heavy atom. The van der Waals surface area contributed by atoms with Gasteiger partial charge >= 0.3 is 0 Å². The van der Waals surface area contributed by atoms with E-state index in [0.717, 1.165) is 11.4 Å². The summed E-state index contributed by atoms with van der Waals surface area (Å²) in [5, 5.41) is 2.75. The lowest BCUT2D eigenvalue weighted by Crippen LogP contribution is -2.00. The van der Waals surface area contributed by atoms with Crippen molar-refractivity contribution in [3.63, 3.8) is 0 Å². The molecule has 0 aliphatic rings. The first-order chi connectivity index (χ1) is 4.33. The Kier molecular flexibility index (Phi) is 5.09. The van der Waals surface area contributed by atoms with Crippen molar-refractivity contribution in [3.8, 4) is 0 Å². The molecule has 0 aliphatic carbocycles. The van der Waals surface area contributed by atoms with E-state index in [-0.39, 0.29) is 12.4 Å². The molecule has 1 aromatic heterocycles. The van der Waals surface area contributed by atoms with Gasteiger partial charge < -0.3 is 5.73 Å². The molecule has 1 aromatic rings. The van der Waals surface area contributed by atoms with Gasteiger partial charge in [0.25, 0.3) is 0 Å². The molecule has 2 N–H and O–H groups in total. The van der Waals surface area contributed by atoms with Crippen molar-refractivity contribution in [2.75, 3.05) is 6.54 Å². The van der Waals surface area contributed by atoms with Crippen molar-refractivity contribution in [3.05, 3.63) is 21.3 Å². The van der Waals surface area contributed by atoms with Gasteiger partial charge in [0, 0.05) is 10.3 Å². The van der Waals surface area contributed by atoms with Crippen LogP contribution in [0.15, 0.2) is 11.4 Å². The van der Waals surface area contributed by atoms with E-state index in [1.54, 1.807) is 11.3 Å². The fourth-order valence-corrected chi connectivity index (χ4v) is 1.72. The van der Waals surface area contributed by atoms with Gasteiger partial charge in [-0.25, -0.2) is 0 Å². The van der Waals surface area contributed by atoms with E-state index in [4.69, 9.17) is 17.3 Å². The maximum Gasteiger partial charge on any atom is 0.0515 e. The zero-order valence-corrected chi connectivity index (χ0v) is 7.73. The van der Waals surface area contributed by atoms with E-state index in [9.17, 15) is 0 Å². The van der Waals surface area contributed by atoms with Gasteiger partial charge in [0.2, 0.25) is 0 Å². The number of hydrogen-bond donors (Lipinski definition) is 1. The molecule has 0 atom stereocenters. The van der Waals surface area contributed by atoms with Crippen LogP contribution in [0.2, 0.25) is 5.02 Å². The molecule has 4 heteroatoms. The molecule has 0 unspecified atom stereocenters. The molecule has 0 amide bonds. The van der Waals surface area contributed by atoms with Gasteiger partial charge in [0.05, 0.1) is 5.02 Å². The van der Waals surface area contributed by atoms with E-state index in [1.807, 2.05) is 11.4 Å². The molecule has 1 heterocycles. The minimum Gasteiger partial charge on any atom is -0.330 e. The van der Waals surface area contributed by atoms with E-state index in [0.29, 0.717) is 6.54 Å². The first-order valence-corrected chi connectivity index (χ1v) is 4.01. The largest absolute Gasteiger partial charge is 0.330 e. The van der Waals surface area contributed by atoms with E-state index < -0.39 is 0 Å². The van der Waals surface area contributed by atoms with E-state index in [1.165, 1.54) is 4.88 Å². The summed E-state index contributed by atoms with van der Waals surface area (Å²) in [5.74, 6) is 0. The van der Waals surface area contributed by atoms with Gasteiger partial charge in [-0.2, -0.15) is 0 Å². The molecule has 0 fully saturated rings. The summed E-state index contributed by atoms with van der Waals surface area (Å²) in [6.07, 6.45) is 0.942. The van der Waals surface area contributed by atoms with E-state index in [2.05, 4.69) is 0 Å². The molecule has 1 rings (SSSR count). The maximum atomic E-state index is 5.67. The SMILES string of the molecule is Cl.NCCc1cc(Cl)cs1. The zero-order valence-electron chi connectivity index (χ0n) is 5.34. The predicted molar refractivity (Wildman–Crippen MR) is 49.3 cm³/mol. The summed E-state index contributed by atoms with van der Waals surface area (Å²) in [5.41, 5.74) is 5.33. The van der Waals surface area contributed by atoms with Crippen LogP contribution in [0.25, 0.3) is 0 Å². The summed E-state index contributed by atoms with van der Waals surface area (Å²) in [4.78, 5) is 1.27. The van der Waals surface area contributed by atoms with Gasteiger partial charge in [0.15, 0.2) is 0 Å². The zero-order chi connectivity index (χ0) is 6.69. The third-order valence-electron chi connectivity index (χ3n) is 1.01. The highest BCUT2D eigenvalue weighted by atomic mass is 35.5. The van der Waals surface area contributed by atoms with Gasteiger partial charge in [0.1, 0.15) is 0 Å². The van der Waals surface area contributed by atoms with Crippen LogP contribution in [0, 0.1) is 0 Å². The predicted octanol–water partition coefficient (Wildman–Crippen LogP) is 2.32. The summed E-state index contributed by atoms with van der Waals surface area (Å²) in [6.45, 7) is 0.705. The van der Waals surface area contributed by atoms with Crippen molar-refractivity contribution in [2.45, 2.75) is 6.42 Å². The molecular weight excluding hydrogens is 189 g/mol. The first-order valence-electron chi connectivity index (χ1n) is 2.76. The van der Waals surface area contributed by atoms with Crippen LogP contribution < -0.4 is 5.73 Å². The second-order valence-electron chi connectivity index (χ2n) is 1.77. The van der Waals surface area contributed by atoms with Crippen molar-refractivity contribution in [1.82, 2.24) is 0 Å². The van der Waals surface area contributed by atoms with Crippen molar-refractivity contribution >= 4 is 35.3 Å². The van der Waals surface area contributed by atoms with Gasteiger partial charge in [-0.05, 0) is 19.0 Å². The number of thiophene rings is 1. The van der Waals surface area contributed by atoms with Gasteiger partial charge in [-0.1, -0.05) is 11.6 Å². The van der Waals surface area contributed by atoms with Crippen molar-refractivity contribution < 1.29 is 0 Å². The third-order valence-corrected chi connectivity index (χ3v) is 2.36. The molecular formula is C6H9Cl2NS. The fourth-order valence-electron chi connectivity index (χ4n) is 0.627. The highest BCUT2D eigenvalue weighted by Crippen LogP contribution is 2.18. The third kappa shape index (κ3) is 2.88. The van der Waals surface area contributed by atoms with Gasteiger partial charge in [-0.15, -0.1) is 23.7 Å². The number of halogens is 2. The first kappa shape index (κ1) is 10.2. The van der Waals surface area contributed by atoms with Crippen molar-refractivity contribution in [2.24, 2.45) is 5.73 Å². The molecule has 0 aliphatic heterocycles. The molecule has 0 bridgehead atoms. The lowest BCUT2D eigenvalue weighted by Gasteiger charge is -1.86. The lowest BCUT2D eigenvalue weighted by molar-refractivity contribution is 0.989. The molecule has 0 aromatic carbocycles. The van der Waals surface area contributed by atoms with Crippen LogP contribution in [0.4, 0.5) is 0 Å². The summed E-state index contributed by atoms with van der Waals surface area (Å²) in [6, 6.07) is 1.96. The smallest absolute Gasteiger partial charge is 0.0515 e. The Bertz CT molecular complexity index is 188. The average Bonchev–Trinajstić information content (AvgIpc) is 2.17. The monoisotopic (exact) mass is 197 g/mol. The molecule has 10 heavy (non-hydrogen) atoms.